The van der Waals surface area contributed by atoms with Crippen molar-refractivity contribution < 1.29 is 0 Å². The van der Waals surface area contributed by atoms with Crippen molar-refractivity contribution in [2.24, 2.45) is 11.8 Å². The fourth-order valence-corrected chi connectivity index (χ4v) is 3.29. The number of rotatable bonds is 5. The van der Waals surface area contributed by atoms with E-state index in [1.165, 1.54) is 9.75 Å². The molecule has 0 nitrogen and oxygen atoms in total. The summed E-state index contributed by atoms with van der Waals surface area (Å²) >= 11 is 8.17. The van der Waals surface area contributed by atoms with Crippen LogP contribution >= 0.6 is 22.9 Å². The minimum absolute atomic E-state index is 0.261. The smallest absolute Gasteiger partial charge is 0.0341 e. The second-order valence-electron chi connectivity index (χ2n) is 4.51. The lowest BCUT2D eigenvalue weighted by Crippen LogP contribution is -2.20. The van der Waals surface area contributed by atoms with Crippen LogP contribution in [-0.4, -0.2) is 5.38 Å². The summed E-state index contributed by atoms with van der Waals surface area (Å²) in [6.07, 6.45) is 2.28. The van der Waals surface area contributed by atoms with Gasteiger partial charge in [-0.25, -0.2) is 0 Å². The molecule has 0 bridgehead atoms. The van der Waals surface area contributed by atoms with Gasteiger partial charge in [0.15, 0.2) is 0 Å². The first-order chi connectivity index (χ1) is 7.04. The summed E-state index contributed by atoms with van der Waals surface area (Å²) in [6.45, 7) is 8.84. The maximum atomic E-state index is 6.23. The van der Waals surface area contributed by atoms with Crippen LogP contribution in [0.15, 0.2) is 12.1 Å². The van der Waals surface area contributed by atoms with E-state index in [1.807, 2.05) is 11.3 Å². The first-order valence-electron chi connectivity index (χ1n) is 5.76. The van der Waals surface area contributed by atoms with E-state index >= 15 is 0 Å². The Balaban J connectivity index is 2.65. The van der Waals surface area contributed by atoms with Gasteiger partial charge in [-0.1, -0.05) is 20.8 Å². The molecule has 0 radical (unpaired) electrons. The van der Waals surface area contributed by atoms with E-state index in [1.54, 1.807) is 0 Å². The van der Waals surface area contributed by atoms with Crippen molar-refractivity contribution in [1.82, 2.24) is 0 Å². The van der Waals surface area contributed by atoms with Gasteiger partial charge in [-0.2, -0.15) is 0 Å². The van der Waals surface area contributed by atoms with E-state index in [-0.39, 0.29) is 5.38 Å². The lowest BCUT2D eigenvalue weighted by molar-refractivity contribution is 0.378. The fourth-order valence-electron chi connectivity index (χ4n) is 1.88. The molecule has 0 aliphatic rings. The summed E-state index contributed by atoms with van der Waals surface area (Å²) in [7, 11) is 0. The molecule has 15 heavy (non-hydrogen) atoms. The van der Waals surface area contributed by atoms with Gasteiger partial charge >= 0.3 is 0 Å². The third-order valence-corrected chi connectivity index (χ3v) is 4.52. The Kier molecular flexibility index (Phi) is 5.14. The van der Waals surface area contributed by atoms with Crippen molar-refractivity contribution in [3.05, 3.63) is 21.9 Å². The maximum Gasteiger partial charge on any atom is 0.0341 e. The van der Waals surface area contributed by atoms with Crippen LogP contribution < -0.4 is 0 Å². The Labute approximate surface area is 103 Å². The first-order valence-corrected chi connectivity index (χ1v) is 7.01. The van der Waals surface area contributed by atoms with Gasteiger partial charge in [0, 0.05) is 15.1 Å². The van der Waals surface area contributed by atoms with Crippen LogP contribution in [0.1, 0.15) is 37.4 Å². The molecule has 0 saturated heterocycles. The summed E-state index contributed by atoms with van der Waals surface area (Å²) < 4.78 is 0. The molecule has 0 aliphatic heterocycles. The lowest BCUT2D eigenvalue weighted by Gasteiger charge is -2.22. The Morgan fingerprint density at radius 2 is 1.80 bits per heavy atom. The first kappa shape index (κ1) is 13.1. The molecule has 0 aliphatic carbocycles. The molecule has 1 aromatic heterocycles. The Hall–Kier alpha value is -0.0100. The minimum Gasteiger partial charge on any atom is -0.145 e. The number of hydrogen-bond acceptors (Lipinski definition) is 1. The Morgan fingerprint density at radius 3 is 2.20 bits per heavy atom. The predicted octanol–water partition coefficient (Wildman–Crippen LogP) is 4.75. The van der Waals surface area contributed by atoms with Gasteiger partial charge in [0.1, 0.15) is 0 Å². The highest BCUT2D eigenvalue weighted by Crippen LogP contribution is 2.27. The number of hydrogen-bond donors (Lipinski definition) is 0. The molecule has 86 valence electrons. The SMILES string of the molecule is CCc1ccc(CC(C(C)C)C(C)Cl)s1. The van der Waals surface area contributed by atoms with Gasteiger partial charge in [-0.05, 0) is 43.7 Å². The van der Waals surface area contributed by atoms with Crippen molar-refractivity contribution in [2.45, 2.75) is 45.9 Å². The molecule has 2 unspecified atom stereocenters. The average Bonchev–Trinajstić information content (AvgIpc) is 2.60. The molecule has 1 aromatic rings. The molecule has 0 aromatic carbocycles. The fraction of sp³-hybridized carbons (Fsp3) is 0.692. The Bertz CT molecular complexity index is 280. The Morgan fingerprint density at radius 1 is 1.20 bits per heavy atom. The summed E-state index contributed by atoms with van der Waals surface area (Å²) in [5, 5.41) is 0.261. The van der Waals surface area contributed by atoms with Gasteiger partial charge < -0.3 is 0 Å². The molecular formula is C13H21ClS. The summed E-state index contributed by atoms with van der Waals surface area (Å²) in [6, 6.07) is 4.51. The van der Waals surface area contributed by atoms with E-state index in [9.17, 15) is 0 Å². The van der Waals surface area contributed by atoms with Crippen molar-refractivity contribution in [1.29, 1.82) is 0 Å². The van der Waals surface area contributed by atoms with Gasteiger partial charge in [-0.15, -0.1) is 22.9 Å². The van der Waals surface area contributed by atoms with Crippen molar-refractivity contribution >= 4 is 22.9 Å². The zero-order valence-electron chi connectivity index (χ0n) is 10.1. The van der Waals surface area contributed by atoms with E-state index in [4.69, 9.17) is 11.6 Å². The van der Waals surface area contributed by atoms with Crippen LogP contribution in [0.4, 0.5) is 0 Å². The highest BCUT2D eigenvalue weighted by molar-refractivity contribution is 7.11. The largest absolute Gasteiger partial charge is 0.145 e. The molecule has 2 atom stereocenters. The molecule has 0 amide bonds. The normalized spacial score (nSPS) is 15.6. The van der Waals surface area contributed by atoms with E-state index in [2.05, 4.69) is 39.8 Å². The highest BCUT2D eigenvalue weighted by Gasteiger charge is 2.20. The van der Waals surface area contributed by atoms with Crippen LogP contribution in [0.2, 0.25) is 0 Å². The molecule has 0 N–H and O–H groups in total. The molecular weight excluding hydrogens is 224 g/mol. The molecule has 0 fully saturated rings. The number of halogens is 1. The molecule has 0 spiro atoms. The number of alkyl halides is 1. The maximum absolute atomic E-state index is 6.23. The topological polar surface area (TPSA) is 0 Å². The van der Waals surface area contributed by atoms with Crippen LogP contribution in [0.5, 0.6) is 0 Å². The van der Waals surface area contributed by atoms with Gasteiger partial charge in [0.2, 0.25) is 0 Å². The van der Waals surface area contributed by atoms with E-state index < -0.39 is 0 Å². The summed E-state index contributed by atoms with van der Waals surface area (Å²) in [5.74, 6) is 1.25. The standard InChI is InChI=1S/C13H21ClS/c1-5-11-6-7-12(15-11)8-13(9(2)3)10(4)14/h6-7,9-10,13H,5,8H2,1-4H3. The minimum atomic E-state index is 0.261. The third-order valence-electron chi connectivity index (χ3n) is 2.95. The van der Waals surface area contributed by atoms with Gasteiger partial charge in [0.25, 0.3) is 0 Å². The van der Waals surface area contributed by atoms with Crippen molar-refractivity contribution in [3.8, 4) is 0 Å². The summed E-state index contributed by atoms with van der Waals surface area (Å²) in [5.41, 5.74) is 0. The second kappa shape index (κ2) is 5.91. The van der Waals surface area contributed by atoms with Crippen LogP contribution in [0.3, 0.4) is 0 Å². The molecule has 1 rings (SSSR count). The van der Waals surface area contributed by atoms with Crippen LogP contribution in [-0.2, 0) is 12.8 Å². The number of aryl methyl sites for hydroxylation is 1. The van der Waals surface area contributed by atoms with E-state index in [0.717, 1.165) is 12.8 Å². The second-order valence-corrected chi connectivity index (χ2v) is 6.45. The zero-order chi connectivity index (χ0) is 11.4. The van der Waals surface area contributed by atoms with Crippen molar-refractivity contribution in [2.75, 3.05) is 0 Å². The van der Waals surface area contributed by atoms with Gasteiger partial charge in [0.05, 0.1) is 0 Å². The zero-order valence-corrected chi connectivity index (χ0v) is 11.7. The monoisotopic (exact) mass is 244 g/mol. The molecule has 2 heteroatoms. The van der Waals surface area contributed by atoms with Crippen LogP contribution in [0, 0.1) is 11.8 Å². The van der Waals surface area contributed by atoms with E-state index in [0.29, 0.717) is 11.8 Å². The predicted molar refractivity (Wildman–Crippen MR) is 71.0 cm³/mol. The summed E-state index contributed by atoms with van der Waals surface area (Å²) in [4.78, 5) is 2.97. The number of thiophene rings is 1. The highest BCUT2D eigenvalue weighted by atomic mass is 35.5. The molecule has 0 saturated carbocycles. The quantitative estimate of drug-likeness (QED) is 0.656. The van der Waals surface area contributed by atoms with Crippen molar-refractivity contribution in [3.63, 3.8) is 0 Å². The average molecular weight is 245 g/mol. The third kappa shape index (κ3) is 3.81. The van der Waals surface area contributed by atoms with Crippen LogP contribution in [0.25, 0.3) is 0 Å². The van der Waals surface area contributed by atoms with Gasteiger partial charge in [-0.3, -0.25) is 0 Å². The lowest BCUT2D eigenvalue weighted by atomic mass is 9.89. The molecule has 1 heterocycles.